The highest BCUT2D eigenvalue weighted by Crippen LogP contribution is 2.21. The molecule has 0 fully saturated rings. The number of hydrogen-bond acceptors (Lipinski definition) is 0. The van der Waals surface area contributed by atoms with Crippen molar-refractivity contribution in [1.82, 2.24) is 0 Å². The van der Waals surface area contributed by atoms with Crippen LogP contribution < -0.4 is 0 Å². The highest BCUT2D eigenvalue weighted by Gasteiger charge is 2.12. The first-order valence-corrected chi connectivity index (χ1v) is 5.21. The monoisotopic (exact) mass is 199 g/mol. The summed E-state index contributed by atoms with van der Waals surface area (Å²) in [7, 11) is 6.51. The van der Waals surface area contributed by atoms with Crippen LogP contribution in [0.2, 0.25) is 0 Å². The molecule has 0 bridgehead atoms. The number of nitrogens with zero attached hydrogens (tertiary/aromatic N) is 1. The smallest absolute Gasteiger partial charge is 0.172 e. The van der Waals surface area contributed by atoms with Crippen LogP contribution in [0.3, 0.4) is 0 Å². The van der Waals surface area contributed by atoms with Gasteiger partial charge in [-0.2, -0.15) is 0 Å². The molecule has 2 aromatic rings. The van der Waals surface area contributed by atoms with E-state index in [2.05, 4.69) is 70.2 Å². The zero-order valence-electron chi connectivity index (χ0n) is 9.57. The Hall–Kier alpha value is -1.34. The number of rotatable bonds is 2. The fourth-order valence-corrected chi connectivity index (χ4v) is 1.78. The van der Waals surface area contributed by atoms with Crippen molar-refractivity contribution in [2.75, 3.05) is 21.1 Å². The van der Waals surface area contributed by atoms with Gasteiger partial charge >= 0.3 is 0 Å². The average molecular weight is 199 g/mol. The van der Waals surface area contributed by atoms with Gasteiger partial charge in [0.15, 0.2) is 6.54 Å². The van der Waals surface area contributed by atoms with E-state index in [4.69, 9.17) is 0 Å². The van der Waals surface area contributed by atoms with Gasteiger partial charge in [-0.15, -0.1) is 0 Å². The van der Waals surface area contributed by atoms with Gasteiger partial charge in [0.25, 0.3) is 0 Å². The second kappa shape index (κ2) is 3.67. The summed E-state index contributed by atoms with van der Waals surface area (Å²) in [5.41, 5.74) is 1.31. The Morgan fingerprint density at radius 3 is 2.27 bits per heavy atom. The molecule has 77 valence electrons. The van der Waals surface area contributed by atoms with Crippen LogP contribution in [0.25, 0.3) is 10.8 Å². The summed E-state index contributed by atoms with van der Waals surface area (Å²) < 4.78 is 0.841. The van der Waals surface area contributed by atoms with E-state index in [1.165, 1.54) is 16.3 Å². The molecule has 0 aliphatic heterocycles. The Morgan fingerprint density at radius 1 is 0.867 bits per heavy atom. The molecule has 2 aromatic carbocycles. The Balaban J connectivity index is 2.52. The first-order chi connectivity index (χ1) is 7.06. The van der Waals surface area contributed by atoms with Crippen LogP contribution in [0, 0.1) is 6.54 Å². The quantitative estimate of drug-likeness (QED) is 0.652. The van der Waals surface area contributed by atoms with Crippen molar-refractivity contribution >= 4 is 10.8 Å². The van der Waals surface area contributed by atoms with Gasteiger partial charge < -0.3 is 4.48 Å². The van der Waals surface area contributed by atoms with E-state index in [9.17, 15) is 0 Å². The summed E-state index contributed by atoms with van der Waals surface area (Å²) in [6.07, 6.45) is 0. The van der Waals surface area contributed by atoms with Gasteiger partial charge in [-0.25, -0.2) is 0 Å². The fraction of sp³-hybridized carbons (Fsp3) is 0.214. The summed E-state index contributed by atoms with van der Waals surface area (Å²) in [6, 6.07) is 14.9. The standard InChI is InChI=1S/C14H17N/c1-15(2,3)11-13-9-6-8-12-7-4-5-10-14(12)13/h4-11H,1-3H3/q+1. The molecular weight excluding hydrogens is 182 g/mol. The second-order valence-corrected chi connectivity index (χ2v) is 4.81. The maximum Gasteiger partial charge on any atom is 0.172 e. The van der Waals surface area contributed by atoms with Crippen LogP contribution in [0.5, 0.6) is 0 Å². The molecule has 1 heteroatoms. The van der Waals surface area contributed by atoms with Crippen molar-refractivity contribution in [2.24, 2.45) is 0 Å². The van der Waals surface area contributed by atoms with Gasteiger partial charge in [0.1, 0.15) is 0 Å². The molecule has 1 nitrogen and oxygen atoms in total. The second-order valence-electron chi connectivity index (χ2n) is 4.81. The molecule has 0 aliphatic carbocycles. The summed E-state index contributed by atoms with van der Waals surface area (Å²) in [6.45, 7) is 2.27. The molecule has 0 unspecified atom stereocenters. The summed E-state index contributed by atoms with van der Waals surface area (Å²) in [5.74, 6) is 0. The van der Waals surface area contributed by atoms with Gasteiger partial charge in [0, 0.05) is 5.56 Å². The highest BCUT2D eigenvalue weighted by atomic mass is 15.3. The van der Waals surface area contributed by atoms with Crippen LogP contribution in [-0.4, -0.2) is 25.6 Å². The molecule has 2 rings (SSSR count). The maximum atomic E-state index is 2.27. The Kier molecular flexibility index (Phi) is 2.49. The predicted molar refractivity (Wildman–Crippen MR) is 65.4 cm³/mol. The molecule has 0 aromatic heterocycles. The van der Waals surface area contributed by atoms with Gasteiger partial charge in [-0.3, -0.25) is 0 Å². The Bertz CT molecular complexity index is 461. The largest absolute Gasteiger partial charge is 0.319 e. The molecule has 0 amide bonds. The summed E-state index contributed by atoms with van der Waals surface area (Å²) in [5, 5.41) is 2.63. The molecule has 0 saturated heterocycles. The molecule has 0 N–H and O–H groups in total. The first kappa shape index (κ1) is 10.2. The molecule has 1 radical (unpaired) electrons. The normalized spacial score (nSPS) is 11.9. The van der Waals surface area contributed by atoms with Crippen molar-refractivity contribution in [3.05, 3.63) is 54.6 Å². The number of fused-ring (bicyclic) bond motifs is 1. The molecule has 0 aliphatic rings. The van der Waals surface area contributed by atoms with Crippen LogP contribution in [0.1, 0.15) is 5.56 Å². The molecule has 15 heavy (non-hydrogen) atoms. The van der Waals surface area contributed by atoms with E-state index in [0.29, 0.717) is 0 Å². The SMILES string of the molecule is C[N+](C)(C)[CH]c1cccc2ccccc12. The third kappa shape index (κ3) is 2.37. The van der Waals surface area contributed by atoms with E-state index < -0.39 is 0 Å². The average Bonchev–Trinajstić information content (AvgIpc) is 2.16. The minimum Gasteiger partial charge on any atom is -0.319 e. The van der Waals surface area contributed by atoms with Crippen LogP contribution >= 0.6 is 0 Å². The lowest BCUT2D eigenvalue weighted by molar-refractivity contribution is -0.836. The van der Waals surface area contributed by atoms with E-state index in [1.54, 1.807) is 0 Å². The highest BCUT2D eigenvalue weighted by molar-refractivity contribution is 5.86. The Labute approximate surface area is 91.5 Å². The third-order valence-electron chi connectivity index (χ3n) is 2.35. The minimum atomic E-state index is 0.841. The summed E-state index contributed by atoms with van der Waals surface area (Å²) >= 11 is 0. The van der Waals surface area contributed by atoms with Gasteiger partial charge in [-0.05, 0) is 10.8 Å². The third-order valence-corrected chi connectivity index (χ3v) is 2.35. The molecule has 0 saturated carbocycles. The van der Waals surface area contributed by atoms with Crippen LogP contribution in [0.4, 0.5) is 0 Å². The lowest BCUT2D eigenvalue weighted by Crippen LogP contribution is -2.31. The van der Waals surface area contributed by atoms with Gasteiger partial charge in [0.2, 0.25) is 0 Å². The Morgan fingerprint density at radius 2 is 1.53 bits per heavy atom. The lowest BCUT2D eigenvalue weighted by atomic mass is 10.0. The fourth-order valence-electron chi connectivity index (χ4n) is 1.78. The lowest BCUT2D eigenvalue weighted by Gasteiger charge is -2.23. The van der Waals surface area contributed by atoms with Crippen molar-refractivity contribution in [1.29, 1.82) is 0 Å². The molecule has 0 atom stereocenters. The topological polar surface area (TPSA) is 0 Å². The first-order valence-electron chi connectivity index (χ1n) is 5.21. The number of quaternary nitrogens is 1. The van der Waals surface area contributed by atoms with Crippen LogP contribution in [0.15, 0.2) is 42.5 Å². The predicted octanol–water partition coefficient (Wildman–Crippen LogP) is 3.06. The number of hydrogen-bond donors (Lipinski definition) is 0. The van der Waals surface area contributed by atoms with Crippen molar-refractivity contribution in [3.63, 3.8) is 0 Å². The summed E-state index contributed by atoms with van der Waals surface area (Å²) in [4.78, 5) is 0. The number of benzene rings is 2. The van der Waals surface area contributed by atoms with E-state index in [-0.39, 0.29) is 0 Å². The van der Waals surface area contributed by atoms with E-state index in [1.807, 2.05) is 0 Å². The van der Waals surface area contributed by atoms with Crippen LogP contribution in [-0.2, 0) is 0 Å². The maximum absolute atomic E-state index is 2.27. The van der Waals surface area contributed by atoms with Crippen molar-refractivity contribution in [2.45, 2.75) is 0 Å². The van der Waals surface area contributed by atoms with E-state index in [0.717, 1.165) is 4.48 Å². The van der Waals surface area contributed by atoms with Crippen molar-refractivity contribution < 1.29 is 4.48 Å². The zero-order valence-corrected chi connectivity index (χ0v) is 9.57. The zero-order chi connectivity index (χ0) is 10.9. The minimum absolute atomic E-state index is 0.841. The molecule has 0 spiro atoms. The van der Waals surface area contributed by atoms with Crippen molar-refractivity contribution in [3.8, 4) is 0 Å². The van der Waals surface area contributed by atoms with Gasteiger partial charge in [-0.1, -0.05) is 42.5 Å². The molecule has 0 heterocycles. The van der Waals surface area contributed by atoms with Gasteiger partial charge in [0.05, 0.1) is 21.1 Å². The van der Waals surface area contributed by atoms with E-state index >= 15 is 0 Å². The molecular formula is C14H17N+.